The third-order valence-electron chi connectivity index (χ3n) is 19.1. The second kappa shape index (κ2) is 35.7. The predicted molar refractivity (Wildman–Crippen MR) is 421 cm³/mol. The number of anilines is 3. The van der Waals surface area contributed by atoms with Crippen LogP contribution in [0, 0.1) is 17.5 Å². The third-order valence-corrected chi connectivity index (χ3v) is 22.4. The van der Waals surface area contributed by atoms with Crippen molar-refractivity contribution < 1.29 is 99.6 Å². The first-order valence-electron chi connectivity index (χ1n) is 36.0. The van der Waals surface area contributed by atoms with E-state index in [0.717, 1.165) is 50.1 Å². The number of carbonyl (C=O) groups excluding carboxylic acids is 2. The number of oxazole rings is 3. The Morgan fingerprint density at radius 2 is 0.809 bits per heavy atom. The molecule has 3 aromatic heterocycles. The number of ether oxygens (including phenoxy) is 6. The number of aromatic nitrogens is 3. The summed E-state index contributed by atoms with van der Waals surface area (Å²) < 4.78 is 166. The minimum absolute atomic E-state index is 0.0208. The number of rotatable bonds is 23. The van der Waals surface area contributed by atoms with Gasteiger partial charge in [0.25, 0.3) is 29.9 Å². The Hall–Kier alpha value is -12.4. The van der Waals surface area contributed by atoms with E-state index in [-0.39, 0.29) is 104 Å². The van der Waals surface area contributed by atoms with Crippen molar-refractivity contribution in [1.29, 1.82) is 0 Å². The maximum absolute atomic E-state index is 13.8. The van der Waals surface area contributed by atoms with Gasteiger partial charge in [-0.15, -0.1) is 0 Å². The van der Waals surface area contributed by atoms with Gasteiger partial charge in [-0.2, -0.15) is 15.0 Å². The highest BCUT2D eigenvalue weighted by Gasteiger charge is 2.41. The van der Waals surface area contributed by atoms with Crippen LogP contribution in [0.5, 0.6) is 34.5 Å². The average Bonchev–Trinajstić information content (AvgIpc) is 1.75. The zero-order chi connectivity index (χ0) is 81.9. The number of benzene rings is 9. The molecule has 0 saturated heterocycles. The number of para-hydroxylation sites is 2. The highest BCUT2D eigenvalue weighted by molar-refractivity contribution is 7.90. The highest BCUT2D eigenvalue weighted by atomic mass is 32.2. The Morgan fingerprint density at radius 3 is 1.17 bits per heavy atom. The Labute approximate surface area is 659 Å². The lowest BCUT2D eigenvalue weighted by molar-refractivity contribution is -0.138. The second-order valence-electron chi connectivity index (χ2n) is 26.4. The molecule has 0 aliphatic carbocycles. The smallest absolute Gasteiger partial charge is 0.326 e. The number of primary sulfonamides is 1. The number of carboxylic acids is 1. The van der Waals surface area contributed by atoms with E-state index in [2.05, 4.69) is 29.5 Å². The molecule has 12 aromatic rings. The lowest BCUT2D eigenvalue weighted by atomic mass is 9.89. The number of hydrogen-bond donors (Lipinski definition) is 4. The minimum atomic E-state index is -3.83. The van der Waals surface area contributed by atoms with Gasteiger partial charge >= 0.3 is 5.97 Å². The summed E-state index contributed by atoms with van der Waals surface area (Å²) in [5.41, 5.74) is 9.51. The van der Waals surface area contributed by atoms with E-state index in [9.17, 15) is 57.9 Å². The van der Waals surface area contributed by atoms with Gasteiger partial charge in [-0.05, 0) is 133 Å². The zero-order valence-electron chi connectivity index (χ0n) is 63.0. The van der Waals surface area contributed by atoms with Crippen LogP contribution in [0.15, 0.2) is 195 Å². The van der Waals surface area contributed by atoms with Gasteiger partial charge in [-0.1, -0.05) is 84.9 Å². The number of aliphatic carboxylic acids is 1. The summed E-state index contributed by atoms with van der Waals surface area (Å²) >= 11 is 0. The topological polar surface area (TPSA) is 367 Å². The number of nitrogens with one attached hydrogen (secondary N) is 2. The molecule has 0 spiro atoms. The molecule has 0 unspecified atom stereocenters. The summed E-state index contributed by atoms with van der Waals surface area (Å²) in [6, 6.07) is 48.8. The van der Waals surface area contributed by atoms with Crippen LogP contribution in [0.4, 0.5) is 31.2 Å². The van der Waals surface area contributed by atoms with Crippen LogP contribution >= 0.6 is 0 Å². The van der Waals surface area contributed by atoms with E-state index in [1.165, 1.54) is 75.4 Å². The molecule has 6 heterocycles. The van der Waals surface area contributed by atoms with Crippen LogP contribution in [0.1, 0.15) is 70.8 Å². The molecule has 3 aliphatic rings. The van der Waals surface area contributed by atoms with E-state index in [0.29, 0.717) is 57.7 Å². The van der Waals surface area contributed by atoms with Crippen LogP contribution in [0.3, 0.4) is 0 Å². The fraction of sp³-hybridized carbons (Fsp3) is 0.259. The molecule has 0 saturated carbocycles. The van der Waals surface area contributed by atoms with Gasteiger partial charge in [0.05, 0.1) is 38.6 Å². The van der Waals surface area contributed by atoms with Crippen molar-refractivity contribution in [3.63, 3.8) is 0 Å². The monoisotopic (exact) mass is 1640 g/mol. The standard InChI is InChI=1S/2C27H26FN3O6S.C25H21FN2O5.C2H7NO2S/c2*1-3-38(33,34)30-26(32)23-14-20-17(15-31(23)27-29-22-11-10-18(28)13-25(22)37-27)9-12-24(35-2)21(20)16-36-19-7-5-4-6-8-19;1-31-21-10-7-16-13-28(25-27-19-9-8-17(26)11-22(19)33-25)20(24(29)30)12-18(16)23(21)32-14-15-5-3-2-4-6-15;1-2-6(3,4)5/h2*4-13,23H,3,14-16H2,1-2H3,(H,30,32);2-11,20H,12-14H2,1H3,(H,29,30);2H2,1H3,(H2,3,4,5)/t2*23-;20-;/m000./s1. The summed E-state index contributed by atoms with van der Waals surface area (Å²) in [7, 11) is -6.15. The normalized spacial score (nSPS) is 15.1. The third kappa shape index (κ3) is 19.8. The Balaban J connectivity index is 0.000000154. The molecule has 3 atom stereocenters. The summed E-state index contributed by atoms with van der Waals surface area (Å²) in [5, 5.41) is 14.5. The number of nitrogens with zero attached hydrogens (tertiary/aromatic N) is 6. The number of halogens is 3. The molecular formula is C81H80F3N9O19S3. The van der Waals surface area contributed by atoms with Gasteiger partial charge in [0.15, 0.2) is 28.2 Å². The van der Waals surface area contributed by atoms with Gasteiger partial charge in [-0.25, -0.2) is 48.4 Å². The molecule has 15 rings (SSSR count). The molecule has 602 valence electrons. The van der Waals surface area contributed by atoms with Crippen molar-refractivity contribution in [2.75, 3.05) is 53.3 Å². The van der Waals surface area contributed by atoms with E-state index in [1.807, 2.05) is 121 Å². The maximum atomic E-state index is 13.8. The van der Waals surface area contributed by atoms with E-state index in [4.69, 9.17) is 41.7 Å². The molecule has 2 amide bonds. The molecule has 0 bridgehead atoms. The van der Waals surface area contributed by atoms with Gasteiger partial charge in [0.2, 0.25) is 30.1 Å². The number of amides is 2. The molecule has 0 radical (unpaired) electrons. The van der Waals surface area contributed by atoms with E-state index >= 15 is 0 Å². The van der Waals surface area contributed by atoms with Crippen LogP contribution in [0.25, 0.3) is 33.3 Å². The Morgan fingerprint density at radius 1 is 0.461 bits per heavy atom. The zero-order valence-corrected chi connectivity index (χ0v) is 65.4. The fourth-order valence-corrected chi connectivity index (χ4v) is 14.2. The lowest BCUT2D eigenvalue weighted by Crippen LogP contribution is -2.52. The molecule has 5 N–H and O–H groups in total. The summed E-state index contributed by atoms with van der Waals surface area (Å²) in [4.78, 5) is 57.0. The predicted octanol–water partition coefficient (Wildman–Crippen LogP) is 11.8. The van der Waals surface area contributed by atoms with Crippen molar-refractivity contribution in [2.45, 2.75) is 97.6 Å². The Bertz CT molecular complexity index is 5650. The number of nitrogens with two attached hydrogens (primary N) is 1. The van der Waals surface area contributed by atoms with Gasteiger partial charge < -0.3 is 61.5 Å². The summed E-state index contributed by atoms with van der Waals surface area (Å²) in [6.45, 7) is 5.70. The quantitative estimate of drug-likeness (QED) is 0.0462. The van der Waals surface area contributed by atoms with Crippen molar-refractivity contribution >= 4 is 99.2 Å². The molecule has 28 nitrogen and oxygen atoms in total. The maximum Gasteiger partial charge on any atom is 0.326 e. The first-order chi connectivity index (χ1) is 55.1. The number of carboxylic acid groups (broad SMARTS) is 1. The number of carbonyl (C=O) groups is 3. The van der Waals surface area contributed by atoms with Crippen LogP contribution in [-0.2, 0) is 103 Å². The van der Waals surface area contributed by atoms with Crippen molar-refractivity contribution in [3.8, 4) is 34.5 Å². The van der Waals surface area contributed by atoms with Crippen molar-refractivity contribution in [2.24, 2.45) is 5.14 Å². The summed E-state index contributed by atoms with van der Waals surface area (Å²) in [6.07, 6.45) is 0.440. The Kier molecular flexibility index (Phi) is 25.5. The molecule has 115 heavy (non-hydrogen) atoms. The van der Waals surface area contributed by atoms with Crippen molar-refractivity contribution in [1.82, 2.24) is 24.4 Å². The van der Waals surface area contributed by atoms with E-state index < -0.39 is 83.4 Å². The number of fused-ring (bicyclic) bond motifs is 6. The molecular weight excluding hydrogens is 1560 g/mol. The lowest BCUT2D eigenvalue weighted by Gasteiger charge is -2.36. The van der Waals surface area contributed by atoms with Crippen LogP contribution < -0.4 is 57.7 Å². The van der Waals surface area contributed by atoms with Crippen molar-refractivity contribution in [3.05, 3.63) is 250 Å². The largest absolute Gasteiger partial charge is 0.496 e. The van der Waals surface area contributed by atoms with Gasteiger partial charge in [0, 0.05) is 73.8 Å². The van der Waals surface area contributed by atoms with E-state index in [1.54, 1.807) is 42.1 Å². The van der Waals surface area contributed by atoms with Gasteiger partial charge in [-0.3, -0.25) is 19.0 Å². The summed E-state index contributed by atoms with van der Waals surface area (Å²) in [5.74, 6) is -0.770. The van der Waals surface area contributed by atoms with Gasteiger partial charge in [0.1, 0.15) is 94.9 Å². The van der Waals surface area contributed by atoms with Crippen LogP contribution in [-0.4, -0.2) is 120 Å². The highest BCUT2D eigenvalue weighted by Crippen LogP contribution is 2.43. The minimum Gasteiger partial charge on any atom is -0.496 e. The molecule has 0 fully saturated rings. The number of methoxy groups -OCH3 is 3. The first kappa shape index (κ1) is 82.1. The number of sulfonamides is 3. The van der Waals surface area contributed by atoms with Crippen LogP contribution in [0.2, 0.25) is 0 Å². The SMILES string of the molecule is CCS(=O)(=O)NC(=O)[C@@H]1Cc2c(ccc(OC)c2COc2ccccc2)CN1c1nc2ccc(F)cc2o1.CCS(=O)(=O)NC(=O)[C@@H]1Cc2c(ccc(OC)c2COc2ccccc2)CN1c1nc2ccc(F)cc2o1.CCS(N)(=O)=O.COc1ccc2c(c1OCc1ccccc1)C[C@@H](C(=O)O)N(c1nc3ccc(F)cc3o1)C2. The molecule has 9 aromatic carbocycles. The fourth-order valence-electron chi connectivity index (χ4n) is 13.1. The number of hydrogen-bond acceptors (Lipinski definition) is 24. The average molecular weight is 1640 g/mol. The second-order valence-corrected chi connectivity index (χ2v) is 32.3. The molecule has 34 heteroatoms. The first-order valence-corrected chi connectivity index (χ1v) is 41.0. The molecule has 3 aliphatic heterocycles.